The summed E-state index contributed by atoms with van der Waals surface area (Å²) in [6, 6.07) is 17.1. The Morgan fingerprint density at radius 1 is 0.919 bits per heavy atom. The highest BCUT2D eigenvalue weighted by Gasteiger charge is 2.30. The number of nitrogens with one attached hydrogen (secondary N) is 1. The van der Waals surface area contributed by atoms with Gasteiger partial charge < -0.3 is 14.8 Å². The first-order valence-electron chi connectivity index (χ1n) is 11.0. The zero-order chi connectivity index (χ0) is 27.4. The molecule has 0 radical (unpaired) electrons. The maximum Gasteiger partial charge on any atom is 0.264 e. The number of rotatable bonds is 10. The summed E-state index contributed by atoms with van der Waals surface area (Å²) in [6.45, 7) is 1.26. The maximum atomic E-state index is 13.7. The number of anilines is 3. The lowest BCUT2D eigenvalue weighted by Crippen LogP contribution is -2.38. The van der Waals surface area contributed by atoms with E-state index < -0.39 is 32.5 Å². The molecular formula is C25H29N3O7S2. The van der Waals surface area contributed by atoms with Crippen molar-refractivity contribution in [2.45, 2.75) is 11.8 Å². The summed E-state index contributed by atoms with van der Waals surface area (Å²) in [6.07, 6.45) is 1.06. The molecule has 0 heterocycles. The van der Waals surface area contributed by atoms with Crippen LogP contribution in [0.4, 0.5) is 17.1 Å². The Bertz CT molecular complexity index is 1490. The quantitative estimate of drug-likeness (QED) is 0.413. The van der Waals surface area contributed by atoms with E-state index in [1.807, 2.05) is 6.92 Å². The minimum Gasteiger partial charge on any atom is -0.497 e. The molecule has 3 aromatic carbocycles. The molecule has 1 N–H and O–H groups in total. The van der Waals surface area contributed by atoms with E-state index >= 15 is 0 Å². The molecule has 37 heavy (non-hydrogen) atoms. The number of hydrogen-bond donors (Lipinski definition) is 1. The minimum atomic E-state index is -4.19. The second kappa shape index (κ2) is 11.1. The SMILES string of the molecule is COc1ccc(N(CC(=O)Nc2cccc(N(C)S(C)(=O)=O)c2)S(=O)(=O)c2ccc(C)cc2)c(OC)c1. The fourth-order valence-electron chi connectivity index (χ4n) is 3.43. The van der Waals surface area contributed by atoms with Crippen molar-refractivity contribution in [2.24, 2.45) is 0 Å². The molecule has 3 aromatic rings. The number of amides is 1. The third kappa shape index (κ3) is 6.52. The van der Waals surface area contributed by atoms with E-state index in [0.29, 0.717) is 17.1 Å². The van der Waals surface area contributed by atoms with Gasteiger partial charge in [-0.3, -0.25) is 13.4 Å². The zero-order valence-corrected chi connectivity index (χ0v) is 22.8. The van der Waals surface area contributed by atoms with Crippen molar-refractivity contribution >= 4 is 43.0 Å². The molecule has 0 saturated carbocycles. The predicted octanol–water partition coefficient (Wildman–Crippen LogP) is 3.24. The van der Waals surface area contributed by atoms with Gasteiger partial charge >= 0.3 is 0 Å². The summed E-state index contributed by atoms with van der Waals surface area (Å²) in [5, 5.41) is 2.65. The van der Waals surface area contributed by atoms with Crippen molar-refractivity contribution < 1.29 is 31.1 Å². The summed E-state index contributed by atoms with van der Waals surface area (Å²) >= 11 is 0. The van der Waals surface area contributed by atoms with Gasteiger partial charge in [-0.2, -0.15) is 0 Å². The Kier molecular flexibility index (Phi) is 8.34. The molecule has 0 aromatic heterocycles. The number of ether oxygens (including phenoxy) is 2. The minimum absolute atomic E-state index is 0.000505. The van der Waals surface area contributed by atoms with Crippen LogP contribution in [0.15, 0.2) is 71.6 Å². The van der Waals surface area contributed by atoms with Gasteiger partial charge in [0.2, 0.25) is 15.9 Å². The molecule has 0 aliphatic carbocycles. The molecule has 3 rings (SSSR count). The van der Waals surface area contributed by atoms with Crippen molar-refractivity contribution in [1.82, 2.24) is 0 Å². The van der Waals surface area contributed by atoms with Crippen LogP contribution < -0.4 is 23.4 Å². The van der Waals surface area contributed by atoms with Gasteiger partial charge in [0.1, 0.15) is 18.0 Å². The number of sulfonamides is 2. The van der Waals surface area contributed by atoms with Gasteiger partial charge in [-0.15, -0.1) is 0 Å². The van der Waals surface area contributed by atoms with E-state index in [4.69, 9.17) is 9.47 Å². The molecule has 10 nitrogen and oxygen atoms in total. The molecule has 198 valence electrons. The van der Waals surface area contributed by atoms with E-state index in [-0.39, 0.29) is 16.3 Å². The molecule has 0 aliphatic heterocycles. The monoisotopic (exact) mass is 547 g/mol. The van der Waals surface area contributed by atoms with E-state index in [2.05, 4.69) is 5.32 Å². The van der Waals surface area contributed by atoms with Gasteiger partial charge in [0, 0.05) is 18.8 Å². The average molecular weight is 548 g/mol. The van der Waals surface area contributed by atoms with Crippen molar-refractivity contribution in [2.75, 3.05) is 48.0 Å². The highest BCUT2D eigenvalue weighted by Crippen LogP contribution is 2.35. The van der Waals surface area contributed by atoms with Crippen LogP contribution in [0.2, 0.25) is 0 Å². The van der Waals surface area contributed by atoms with Crippen LogP contribution in [0, 0.1) is 6.92 Å². The van der Waals surface area contributed by atoms with Crippen molar-refractivity contribution in [3.8, 4) is 11.5 Å². The fourth-order valence-corrected chi connectivity index (χ4v) is 5.36. The molecule has 0 aliphatic rings. The second-order valence-electron chi connectivity index (χ2n) is 8.19. The van der Waals surface area contributed by atoms with Crippen LogP contribution in [0.3, 0.4) is 0 Å². The van der Waals surface area contributed by atoms with Gasteiger partial charge in [0.05, 0.1) is 36.7 Å². The lowest BCUT2D eigenvalue weighted by Gasteiger charge is -2.26. The number of aryl methyl sites for hydroxylation is 1. The second-order valence-corrected chi connectivity index (χ2v) is 12.1. The summed E-state index contributed by atoms with van der Waals surface area (Å²) < 4.78 is 63.8. The first-order chi connectivity index (χ1) is 17.4. The lowest BCUT2D eigenvalue weighted by atomic mass is 10.2. The fraction of sp³-hybridized carbons (Fsp3) is 0.240. The Labute approximate surface area is 217 Å². The first kappa shape index (κ1) is 27.8. The molecule has 12 heteroatoms. The standard InChI is InChI=1S/C25H29N3O7S2/c1-18-9-12-22(13-10-18)37(32,33)28(23-14-11-21(34-3)16-24(23)35-4)17-25(29)26-19-7-6-8-20(15-19)27(2)36(5,30)31/h6-16H,17H2,1-5H3,(H,26,29). The molecule has 0 bridgehead atoms. The first-order valence-corrected chi connectivity index (χ1v) is 14.3. The Morgan fingerprint density at radius 2 is 1.59 bits per heavy atom. The van der Waals surface area contributed by atoms with Crippen LogP contribution >= 0.6 is 0 Å². The number of hydrogen-bond acceptors (Lipinski definition) is 7. The summed E-state index contributed by atoms with van der Waals surface area (Å²) in [7, 11) is -3.45. The molecule has 0 atom stereocenters. The Hall–Kier alpha value is -3.77. The van der Waals surface area contributed by atoms with Gasteiger partial charge in [0.15, 0.2) is 0 Å². The van der Waals surface area contributed by atoms with Gasteiger partial charge in [-0.1, -0.05) is 23.8 Å². The third-order valence-electron chi connectivity index (χ3n) is 5.54. The molecule has 0 unspecified atom stereocenters. The van der Waals surface area contributed by atoms with Crippen LogP contribution in [0.5, 0.6) is 11.5 Å². The van der Waals surface area contributed by atoms with Gasteiger partial charge in [-0.25, -0.2) is 16.8 Å². The number of nitrogens with zero attached hydrogens (tertiary/aromatic N) is 2. The highest BCUT2D eigenvalue weighted by molar-refractivity contribution is 7.93. The van der Waals surface area contributed by atoms with Gasteiger partial charge in [0.25, 0.3) is 10.0 Å². The summed E-state index contributed by atoms with van der Waals surface area (Å²) in [5.74, 6) is -0.00289. The molecule has 1 amide bonds. The van der Waals surface area contributed by atoms with Crippen LogP contribution in [-0.2, 0) is 24.8 Å². The predicted molar refractivity (Wildman–Crippen MR) is 144 cm³/mol. The van der Waals surface area contributed by atoms with E-state index in [1.165, 1.54) is 51.6 Å². The van der Waals surface area contributed by atoms with Crippen LogP contribution in [0.25, 0.3) is 0 Å². The van der Waals surface area contributed by atoms with Crippen molar-refractivity contribution in [3.05, 3.63) is 72.3 Å². The summed E-state index contributed by atoms with van der Waals surface area (Å²) in [5.41, 5.74) is 1.66. The number of methoxy groups -OCH3 is 2. The van der Waals surface area contributed by atoms with Crippen molar-refractivity contribution in [3.63, 3.8) is 0 Å². The van der Waals surface area contributed by atoms with Gasteiger partial charge in [-0.05, 0) is 49.4 Å². The highest BCUT2D eigenvalue weighted by atomic mass is 32.2. The van der Waals surface area contributed by atoms with Crippen LogP contribution in [0.1, 0.15) is 5.56 Å². The third-order valence-corrected chi connectivity index (χ3v) is 8.52. The van der Waals surface area contributed by atoms with E-state index in [0.717, 1.165) is 20.4 Å². The lowest BCUT2D eigenvalue weighted by molar-refractivity contribution is -0.114. The van der Waals surface area contributed by atoms with Crippen molar-refractivity contribution in [1.29, 1.82) is 0 Å². The molecule has 0 saturated heterocycles. The van der Waals surface area contributed by atoms with E-state index in [1.54, 1.807) is 36.4 Å². The topological polar surface area (TPSA) is 122 Å². The Morgan fingerprint density at radius 3 is 2.19 bits per heavy atom. The maximum absolute atomic E-state index is 13.7. The largest absolute Gasteiger partial charge is 0.497 e. The summed E-state index contributed by atoms with van der Waals surface area (Å²) in [4.78, 5) is 13.1. The molecular weight excluding hydrogens is 518 g/mol. The smallest absolute Gasteiger partial charge is 0.264 e. The number of benzene rings is 3. The Balaban J connectivity index is 2.00. The van der Waals surface area contributed by atoms with Crippen LogP contribution in [-0.4, -0.2) is 56.8 Å². The zero-order valence-electron chi connectivity index (χ0n) is 21.1. The normalized spacial score (nSPS) is 11.5. The van der Waals surface area contributed by atoms with E-state index in [9.17, 15) is 21.6 Å². The number of carbonyl (C=O) groups excluding carboxylic acids is 1. The average Bonchev–Trinajstić information content (AvgIpc) is 2.86. The molecule has 0 fully saturated rings. The molecule has 0 spiro atoms. The number of carbonyl (C=O) groups is 1.